The minimum Gasteiger partial charge on any atom is -0.354 e. The van der Waals surface area contributed by atoms with E-state index in [2.05, 4.69) is 36.6 Å². The summed E-state index contributed by atoms with van der Waals surface area (Å²) in [7, 11) is 0. The summed E-state index contributed by atoms with van der Waals surface area (Å²) in [6.07, 6.45) is 4.91. The minimum absolute atomic E-state index is 0.0501. The molecule has 1 aromatic rings. The maximum atomic E-state index is 12.7. The summed E-state index contributed by atoms with van der Waals surface area (Å²) in [6.45, 7) is 9.08. The Morgan fingerprint density at radius 1 is 1.00 bits per heavy atom. The van der Waals surface area contributed by atoms with Gasteiger partial charge < -0.3 is 10.6 Å². The van der Waals surface area contributed by atoms with Crippen molar-refractivity contribution in [1.82, 2.24) is 10.6 Å². The van der Waals surface area contributed by atoms with Crippen LogP contribution in [0.25, 0.3) is 0 Å². The van der Waals surface area contributed by atoms with E-state index in [-0.39, 0.29) is 23.7 Å². The molecule has 1 aromatic carbocycles. The molecule has 2 rings (SSSR count). The molecule has 1 fully saturated rings. The van der Waals surface area contributed by atoms with Gasteiger partial charge >= 0.3 is 0 Å². The number of carbonyl (C=O) groups excluding carboxylic acids is 2. The first-order valence-corrected chi connectivity index (χ1v) is 10.5. The third-order valence-corrected chi connectivity index (χ3v) is 5.89. The standard InChI is InChI=1S/C23H36N2O2/c1-16(2)19-10-12-20(13-11-19)22(26)25-21(17(3)4)23(27)24-15-14-18-8-6-5-7-9-18/h5-9,16-17,19-21H,10-15H2,1-4H3,(H,24,27)(H,25,26). The molecule has 1 atom stereocenters. The van der Waals surface area contributed by atoms with Gasteiger partial charge in [0.05, 0.1) is 0 Å². The van der Waals surface area contributed by atoms with E-state index in [4.69, 9.17) is 0 Å². The van der Waals surface area contributed by atoms with Crippen molar-refractivity contribution in [3.63, 3.8) is 0 Å². The molecule has 1 saturated carbocycles. The lowest BCUT2D eigenvalue weighted by atomic mass is 9.76. The first kappa shape index (κ1) is 21.5. The molecule has 27 heavy (non-hydrogen) atoms. The third-order valence-electron chi connectivity index (χ3n) is 5.89. The Morgan fingerprint density at radius 3 is 2.19 bits per heavy atom. The summed E-state index contributed by atoms with van der Waals surface area (Å²) in [4.78, 5) is 25.3. The lowest BCUT2D eigenvalue weighted by molar-refractivity contribution is -0.133. The third kappa shape index (κ3) is 6.67. The lowest BCUT2D eigenvalue weighted by Gasteiger charge is -2.31. The molecule has 0 aliphatic heterocycles. The molecule has 1 unspecified atom stereocenters. The van der Waals surface area contributed by atoms with Gasteiger partial charge in [-0.05, 0) is 55.4 Å². The zero-order valence-corrected chi connectivity index (χ0v) is 17.3. The van der Waals surface area contributed by atoms with E-state index >= 15 is 0 Å². The Labute approximate surface area is 164 Å². The number of carbonyl (C=O) groups is 2. The van der Waals surface area contributed by atoms with Crippen molar-refractivity contribution in [2.45, 2.75) is 65.8 Å². The molecule has 1 aliphatic rings. The highest BCUT2D eigenvalue weighted by Gasteiger charge is 2.31. The van der Waals surface area contributed by atoms with Crippen LogP contribution >= 0.6 is 0 Å². The van der Waals surface area contributed by atoms with Crippen molar-refractivity contribution in [2.75, 3.05) is 6.54 Å². The second kappa shape index (κ2) is 10.5. The predicted octanol–water partition coefficient (Wildman–Crippen LogP) is 3.95. The van der Waals surface area contributed by atoms with Crippen LogP contribution in [0.4, 0.5) is 0 Å². The number of benzene rings is 1. The van der Waals surface area contributed by atoms with E-state index in [9.17, 15) is 9.59 Å². The number of hydrogen-bond donors (Lipinski definition) is 2. The number of nitrogens with one attached hydrogen (secondary N) is 2. The minimum atomic E-state index is -0.462. The molecular formula is C23H36N2O2. The second-order valence-corrected chi connectivity index (χ2v) is 8.61. The van der Waals surface area contributed by atoms with E-state index in [1.54, 1.807) is 0 Å². The smallest absolute Gasteiger partial charge is 0.242 e. The van der Waals surface area contributed by atoms with Gasteiger partial charge in [-0.2, -0.15) is 0 Å². The van der Waals surface area contributed by atoms with Gasteiger partial charge in [0, 0.05) is 12.5 Å². The molecule has 2 N–H and O–H groups in total. The van der Waals surface area contributed by atoms with Crippen LogP contribution in [0, 0.1) is 23.7 Å². The average molecular weight is 373 g/mol. The Hall–Kier alpha value is -1.84. The molecule has 150 valence electrons. The Balaban J connectivity index is 1.81. The molecule has 0 radical (unpaired) electrons. The fraction of sp³-hybridized carbons (Fsp3) is 0.652. The van der Waals surface area contributed by atoms with Crippen LogP contribution in [-0.4, -0.2) is 24.4 Å². The van der Waals surface area contributed by atoms with Crippen molar-refractivity contribution in [3.8, 4) is 0 Å². The van der Waals surface area contributed by atoms with Gasteiger partial charge in [-0.15, -0.1) is 0 Å². The van der Waals surface area contributed by atoms with Crippen LogP contribution < -0.4 is 10.6 Å². The monoisotopic (exact) mass is 372 g/mol. The first-order chi connectivity index (χ1) is 12.9. The summed E-state index contributed by atoms with van der Waals surface area (Å²) in [5.41, 5.74) is 1.20. The van der Waals surface area contributed by atoms with Gasteiger partial charge in [0.2, 0.25) is 11.8 Å². The largest absolute Gasteiger partial charge is 0.354 e. The van der Waals surface area contributed by atoms with Gasteiger partial charge in [-0.3, -0.25) is 9.59 Å². The highest BCUT2D eigenvalue weighted by molar-refractivity contribution is 5.88. The molecule has 4 heteroatoms. The predicted molar refractivity (Wildman–Crippen MR) is 110 cm³/mol. The molecule has 4 nitrogen and oxygen atoms in total. The fourth-order valence-corrected chi connectivity index (χ4v) is 3.94. The van der Waals surface area contributed by atoms with E-state index < -0.39 is 6.04 Å². The molecule has 2 amide bonds. The van der Waals surface area contributed by atoms with Crippen molar-refractivity contribution < 1.29 is 9.59 Å². The Morgan fingerprint density at radius 2 is 1.63 bits per heavy atom. The zero-order valence-electron chi connectivity index (χ0n) is 17.3. The van der Waals surface area contributed by atoms with E-state index in [0.29, 0.717) is 12.5 Å². The van der Waals surface area contributed by atoms with Crippen LogP contribution in [0.1, 0.15) is 58.9 Å². The zero-order chi connectivity index (χ0) is 19.8. The van der Waals surface area contributed by atoms with Crippen molar-refractivity contribution in [3.05, 3.63) is 35.9 Å². The molecule has 0 heterocycles. The van der Waals surface area contributed by atoms with Crippen LogP contribution in [0.15, 0.2) is 30.3 Å². The lowest BCUT2D eigenvalue weighted by Crippen LogP contribution is -2.51. The SMILES string of the molecule is CC(C)C1CCC(C(=O)NC(C(=O)NCCc2ccccc2)C(C)C)CC1. The first-order valence-electron chi connectivity index (χ1n) is 10.5. The Kier molecular flexibility index (Phi) is 8.33. The van der Waals surface area contributed by atoms with Crippen molar-refractivity contribution in [1.29, 1.82) is 0 Å². The van der Waals surface area contributed by atoms with Gasteiger partial charge in [0.1, 0.15) is 6.04 Å². The highest BCUT2D eigenvalue weighted by Crippen LogP contribution is 2.33. The van der Waals surface area contributed by atoms with Crippen LogP contribution in [0.2, 0.25) is 0 Å². The molecule has 0 saturated heterocycles. The van der Waals surface area contributed by atoms with Crippen LogP contribution in [-0.2, 0) is 16.0 Å². The number of hydrogen-bond acceptors (Lipinski definition) is 2. The topological polar surface area (TPSA) is 58.2 Å². The summed E-state index contributed by atoms with van der Waals surface area (Å²) in [6, 6.07) is 9.64. The molecule has 1 aliphatic carbocycles. The maximum Gasteiger partial charge on any atom is 0.242 e. The summed E-state index contributed by atoms with van der Waals surface area (Å²) in [5.74, 6) is 1.51. The normalized spacial score (nSPS) is 21.1. The molecular weight excluding hydrogens is 336 g/mol. The maximum absolute atomic E-state index is 12.7. The summed E-state index contributed by atoms with van der Waals surface area (Å²) in [5, 5.41) is 6.02. The average Bonchev–Trinajstić information content (AvgIpc) is 2.66. The van der Waals surface area contributed by atoms with Crippen molar-refractivity contribution >= 4 is 11.8 Å². The summed E-state index contributed by atoms with van der Waals surface area (Å²) < 4.78 is 0. The molecule has 0 spiro atoms. The molecule has 0 bridgehead atoms. The molecule has 0 aromatic heterocycles. The number of rotatable bonds is 8. The Bertz CT molecular complexity index is 590. The summed E-state index contributed by atoms with van der Waals surface area (Å²) >= 11 is 0. The van der Waals surface area contributed by atoms with Gasteiger partial charge in [-0.1, -0.05) is 58.0 Å². The van der Waals surface area contributed by atoms with Crippen molar-refractivity contribution in [2.24, 2.45) is 23.7 Å². The van der Waals surface area contributed by atoms with E-state index in [1.165, 1.54) is 5.56 Å². The van der Waals surface area contributed by atoms with Gasteiger partial charge in [0.15, 0.2) is 0 Å². The van der Waals surface area contributed by atoms with Gasteiger partial charge in [0.25, 0.3) is 0 Å². The fourth-order valence-electron chi connectivity index (χ4n) is 3.94. The van der Waals surface area contributed by atoms with E-state index in [1.807, 2.05) is 32.0 Å². The number of amides is 2. The highest BCUT2D eigenvalue weighted by atomic mass is 16.2. The van der Waals surface area contributed by atoms with Gasteiger partial charge in [-0.25, -0.2) is 0 Å². The quantitative estimate of drug-likeness (QED) is 0.726. The van der Waals surface area contributed by atoms with Crippen LogP contribution in [0.5, 0.6) is 0 Å². The second-order valence-electron chi connectivity index (χ2n) is 8.61. The van der Waals surface area contributed by atoms with Crippen LogP contribution in [0.3, 0.4) is 0 Å². The van der Waals surface area contributed by atoms with E-state index in [0.717, 1.165) is 38.0 Å².